The maximum absolute atomic E-state index is 14.9. The topological polar surface area (TPSA) is 8.29 Å². The molecule has 0 aliphatic carbocycles. The van der Waals surface area contributed by atoms with Gasteiger partial charge in [-0.1, -0.05) is 36.4 Å². The third-order valence-electron chi connectivity index (χ3n) is 5.73. The van der Waals surface area contributed by atoms with Crippen LogP contribution in [0.4, 0.5) is 4.39 Å². The van der Waals surface area contributed by atoms with Crippen molar-refractivity contribution in [3.8, 4) is 0 Å². The monoisotopic (exact) mass is 339 g/mol. The van der Waals surface area contributed by atoms with E-state index in [2.05, 4.69) is 65.5 Å². The van der Waals surface area contributed by atoms with E-state index in [0.717, 1.165) is 27.3 Å². The molecule has 0 fully saturated rings. The largest absolute Gasteiger partial charge is 0.300 e. The number of rotatable bonds is 0. The Bertz CT molecular complexity index is 1510. The molecule has 3 heterocycles. The summed E-state index contributed by atoms with van der Waals surface area (Å²) in [6.45, 7) is 2.16. The van der Waals surface area contributed by atoms with Crippen LogP contribution in [0.15, 0.2) is 60.8 Å². The molecular formula is C23H16FN2+. The normalized spacial score (nSPS) is 12.4. The number of para-hydroxylation sites is 1. The van der Waals surface area contributed by atoms with Crippen LogP contribution in [0.3, 0.4) is 0 Å². The van der Waals surface area contributed by atoms with E-state index in [1.165, 1.54) is 21.7 Å². The van der Waals surface area contributed by atoms with E-state index >= 15 is 0 Å². The van der Waals surface area contributed by atoms with Gasteiger partial charge in [0.2, 0.25) is 5.52 Å². The van der Waals surface area contributed by atoms with Crippen molar-refractivity contribution >= 4 is 49.0 Å². The van der Waals surface area contributed by atoms with Crippen molar-refractivity contribution in [2.75, 3.05) is 0 Å². The van der Waals surface area contributed by atoms with Crippen molar-refractivity contribution in [3.63, 3.8) is 0 Å². The number of aromatic nitrogens is 2. The van der Waals surface area contributed by atoms with Crippen molar-refractivity contribution < 1.29 is 8.96 Å². The average Bonchev–Trinajstić information content (AvgIpc) is 2.99. The Balaban J connectivity index is 2.18. The molecule has 0 aliphatic heterocycles. The quantitative estimate of drug-likeness (QED) is 0.203. The lowest BCUT2D eigenvalue weighted by molar-refractivity contribution is -0.644. The number of hydrogen-bond donors (Lipinski definition) is 0. The van der Waals surface area contributed by atoms with E-state index < -0.39 is 0 Å². The van der Waals surface area contributed by atoms with Crippen molar-refractivity contribution in [2.45, 2.75) is 6.92 Å². The molecule has 0 atom stereocenters. The lowest BCUT2D eigenvalue weighted by Gasteiger charge is -2.13. The Morgan fingerprint density at radius 2 is 1.65 bits per heavy atom. The predicted molar refractivity (Wildman–Crippen MR) is 104 cm³/mol. The van der Waals surface area contributed by atoms with Crippen LogP contribution in [-0.2, 0) is 7.05 Å². The molecule has 2 nitrogen and oxygen atoms in total. The molecule has 0 N–H and O–H groups in total. The highest BCUT2D eigenvalue weighted by atomic mass is 19.1. The van der Waals surface area contributed by atoms with Gasteiger partial charge in [0.15, 0.2) is 6.20 Å². The summed E-state index contributed by atoms with van der Waals surface area (Å²) in [4.78, 5) is 0. The molecule has 124 valence electrons. The summed E-state index contributed by atoms with van der Waals surface area (Å²) >= 11 is 0. The van der Waals surface area contributed by atoms with Gasteiger partial charge in [-0.3, -0.25) is 0 Å². The van der Waals surface area contributed by atoms with Crippen LogP contribution >= 0.6 is 0 Å². The molecule has 0 bridgehead atoms. The zero-order valence-electron chi connectivity index (χ0n) is 14.5. The van der Waals surface area contributed by atoms with Crippen molar-refractivity contribution in [3.05, 3.63) is 72.2 Å². The molecule has 3 aromatic carbocycles. The van der Waals surface area contributed by atoms with Crippen LogP contribution in [-0.4, -0.2) is 4.40 Å². The van der Waals surface area contributed by atoms with E-state index in [4.69, 9.17) is 0 Å². The zero-order valence-corrected chi connectivity index (χ0v) is 14.5. The number of nitrogens with zero attached hydrogens (tertiary/aromatic N) is 2. The first kappa shape index (κ1) is 14.0. The van der Waals surface area contributed by atoms with Gasteiger partial charge in [0.25, 0.3) is 0 Å². The second kappa shape index (κ2) is 4.50. The van der Waals surface area contributed by atoms with Crippen LogP contribution in [0.5, 0.6) is 0 Å². The van der Waals surface area contributed by atoms with Crippen LogP contribution in [0.1, 0.15) is 5.56 Å². The van der Waals surface area contributed by atoms with Gasteiger partial charge in [0, 0.05) is 22.2 Å². The van der Waals surface area contributed by atoms with Crippen LogP contribution in [0.2, 0.25) is 0 Å². The molecule has 0 amide bonds. The summed E-state index contributed by atoms with van der Waals surface area (Å²) in [5, 5.41) is 5.69. The predicted octanol–water partition coefficient (Wildman–Crippen LogP) is 5.26. The van der Waals surface area contributed by atoms with E-state index in [9.17, 15) is 4.39 Å². The summed E-state index contributed by atoms with van der Waals surface area (Å²) < 4.78 is 19.2. The van der Waals surface area contributed by atoms with Gasteiger partial charge in [-0.05, 0) is 30.0 Å². The molecule has 6 rings (SSSR count). The summed E-state index contributed by atoms with van der Waals surface area (Å²) in [5.41, 5.74) is 5.20. The molecule has 3 aromatic heterocycles. The van der Waals surface area contributed by atoms with E-state index in [1.54, 1.807) is 12.1 Å². The van der Waals surface area contributed by atoms with Gasteiger partial charge in [-0.25, -0.2) is 4.39 Å². The third kappa shape index (κ3) is 1.46. The number of aryl methyl sites for hydroxylation is 2. The van der Waals surface area contributed by atoms with Gasteiger partial charge in [-0.2, -0.15) is 4.57 Å². The Morgan fingerprint density at radius 3 is 2.54 bits per heavy atom. The molecular weight excluding hydrogens is 323 g/mol. The number of pyridine rings is 2. The Hall–Kier alpha value is -3.20. The van der Waals surface area contributed by atoms with Gasteiger partial charge < -0.3 is 4.40 Å². The minimum atomic E-state index is -0.180. The SMILES string of the molecule is Cc1ccc2cccc3c2c1c1c2c(cc[n+]1C)c1cccc(F)c1n32. The molecule has 0 saturated carbocycles. The minimum absolute atomic E-state index is 0.180. The number of benzene rings is 3. The maximum atomic E-state index is 14.9. The molecule has 0 spiro atoms. The van der Waals surface area contributed by atoms with E-state index in [-0.39, 0.29) is 5.82 Å². The fourth-order valence-electron chi connectivity index (χ4n) is 4.64. The number of hydrogen-bond acceptors (Lipinski definition) is 0. The summed E-state index contributed by atoms with van der Waals surface area (Å²) in [6.07, 6.45) is 2.08. The van der Waals surface area contributed by atoms with Gasteiger partial charge >= 0.3 is 0 Å². The molecule has 6 aromatic rings. The first-order valence-electron chi connectivity index (χ1n) is 8.81. The zero-order chi connectivity index (χ0) is 17.6. The van der Waals surface area contributed by atoms with Gasteiger partial charge in [-0.15, -0.1) is 0 Å². The highest BCUT2D eigenvalue weighted by Crippen LogP contribution is 2.40. The summed E-state index contributed by atoms with van der Waals surface area (Å²) in [6, 6.07) is 18.1. The third-order valence-corrected chi connectivity index (χ3v) is 5.73. The maximum Gasteiger partial charge on any atom is 0.238 e. The smallest absolute Gasteiger partial charge is 0.238 e. The molecule has 0 saturated heterocycles. The van der Waals surface area contributed by atoms with Crippen molar-refractivity contribution in [1.82, 2.24) is 4.40 Å². The van der Waals surface area contributed by atoms with Crippen LogP contribution < -0.4 is 4.57 Å². The van der Waals surface area contributed by atoms with Crippen LogP contribution in [0, 0.1) is 12.7 Å². The number of halogens is 1. The summed E-state index contributed by atoms with van der Waals surface area (Å²) in [7, 11) is 2.07. The molecule has 26 heavy (non-hydrogen) atoms. The molecule has 0 radical (unpaired) electrons. The van der Waals surface area contributed by atoms with Gasteiger partial charge in [0.1, 0.15) is 18.4 Å². The molecule has 3 heteroatoms. The fourth-order valence-corrected chi connectivity index (χ4v) is 4.64. The lowest BCUT2D eigenvalue weighted by atomic mass is 9.98. The highest BCUT2D eigenvalue weighted by molar-refractivity contribution is 6.25. The lowest BCUT2D eigenvalue weighted by Crippen LogP contribution is -2.28. The standard InChI is InChI=1S/C23H16FN2/c1-13-9-10-14-5-3-8-18-20(14)19(13)23-22-16(11-12-25(23)2)15-6-4-7-17(24)21(15)26(18)22/h3-12H,1-2H3/q+1. The Morgan fingerprint density at radius 1 is 0.846 bits per heavy atom. The average molecular weight is 339 g/mol. The minimum Gasteiger partial charge on any atom is -0.300 e. The Kier molecular flexibility index (Phi) is 2.42. The molecule has 0 unspecified atom stereocenters. The second-order valence-electron chi connectivity index (χ2n) is 7.14. The Labute approximate surface area is 149 Å². The first-order chi connectivity index (χ1) is 12.7. The fraction of sp³-hybridized carbons (Fsp3) is 0.0870. The van der Waals surface area contributed by atoms with Crippen molar-refractivity contribution in [2.24, 2.45) is 7.05 Å². The van der Waals surface area contributed by atoms with E-state index in [1.807, 2.05) is 6.07 Å². The van der Waals surface area contributed by atoms with Gasteiger partial charge in [0.05, 0.1) is 16.4 Å². The highest BCUT2D eigenvalue weighted by Gasteiger charge is 2.24. The van der Waals surface area contributed by atoms with Crippen molar-refractivity contribution in [1.29, 1.82) is 0 Å². The first-order valence-corrected chi connectivity index (χ1v) is 8.81. The van der Waals surface area contributed by atoms with Crippen LogP contribution in [0.25, 0.3) is 49.0 Å². The summed E-state index contributed by atoms with van der Waals surface area (Å²) in [5.74, 6) is -0.180. The number of fused-ring (bicyclic) bond motifs is 5. The second-order valence-corrected chi connectivity index (χ2v) is 7.14. The van der Waals surface area contributed by atoms with E-state index in [0.29, 0.717) is 5.52 Å². The molecule has 0 aliphatic rings.